The van der Waals surface area contributed by atoms with Crippen molar-refractivity contribution in [3.05, 3.63) is 0 Å². The first-order chi connectivity index (χ1) is 8.52. The predicted molar refractivity (Wildman–Crippen MR) is 70.6 cm³/mol. The fraction of sp³-hybridized carbons (Fsp3) is 1.00. The minimum atomic E-state index is -0.942. The SMILES string of the molecule is CCC(C)(C)NCCC(F)COCCOCCO. The molecule has 110 valence electrons. The molecule has 0 aromatic heterocycles. The molecular formula is C13H28FNO3. The van der Waals surface area contributed by atoms with Gasteiger partial charge in [-0.05, 0) is 33.2 Å². The van der Waals surface area contributed by atoms with Crippen molar-refractivity contribution in [2.45, 2.75) is 45.3 Å². The van der Waals surface area contributed by atoms with Crippen LogP contribution in [0.15, 0.2) is 0 Å². The molecule has 0 aliphatic rings. The van der Waals surface area contributed by atoms with Crippen LogP contribution < -0.4 is 5.32 Å². The summed E-state index contributed by atoms with van der Waals surface area (Å²) >= 11 is 0. The maximum atomic E-state index is 13.4. The summed E-state index contributed by atoms with van der Waals surface area (Å²) < 4.78 is 23.5. The van der Waals surface area contributed by atoms with E-state index in [-0.39, 0.29) is 18.8 Å². The smallest absolute Gasteiger partial charge is 0.125 e. The van der Waals surface area contributed by atoms with Crippen LogP contribution in [0.2, 0.25) is 0 Å². The number of aliphatic hydroxyl groups excluding tert-OH is 1. The largest absolute Gasteiger partial charge is 0.394 e. The first-order valence-electron chi connectivity index (χ1n) is 6.67. The zero-order valence-corrected chi connectivity index (χ0v) is 11.9. The zero-order chi connectivity index (χ0) is 13.9. The van der Waals surface area contributed by atoms with Crippen molar-refractivity contribution in [3.8, 4) is 0 Å². The lowest BCUT2D eigenvalue weighted by molar-refractivity contribution is 0.0151. The number of alkyl halides is 1. The van der Waals surface area contributed by atoms with Crippen LogP contribution >= 0.6 is 0 Å². The van der Waals surface area contributed by atoms with E-state index >= 15 is 0 Å². The molecule has 0 rings (SSSR count). The highest BCUT2D eigenvalue weighted by molar-refractivity contribution is 4.75. The number of hydrogen-bond donors (Lipinski definition) is 2. The number of nitrogens with one attached hydrogen (secondary N) is 1. The number of aliphatic hydroxyl groups is 1. The van der Waals surface area contributed by atoms with Gasteiger partial charge in [0.2, 0.25) is 0 Å². The van der Waals surface area contributed by atoms with E-state index in [1.54, 1.807) is 0 Å². The minimum Gasteiger partial charge on any atom is -0.394 e. The highest BCUT2D eigenvalue weighted by Gasteiger charge is 2.14. The van der Waals surface area contributed by atoms with Crippen LogP contribution in [0.1, 0.15) is 33.6 Å². The molecule has 18 heavy (non-hydrogen) atoms. The van der Waals surface area contributed by atoms with Crippen molar-refractivity contribution in [3.63, 3.8) is 0 Å². The molecule has 0 heterocycles. The lowest BCUT2D eigenvalue weighted by atomic mass is 10.0. The van der Waals surface area contributed by atoms with Gasteiger partial charge in [-0.1, -0.05) is 6.92 Å². The van der Waals surface area contributed by atoms with Crippen molar-refractivity contribution in [2.75, 3.05) is 39.6 Å². The van der Waals surface area contributed by atoms with Gasteiger partial charge in [-0.25, -0.2) is 4.39 Å². The summed E-state index contributed by atoms with van der Waals surface area (Å²) in [6.07, 6.45) is 0.534. The average molecular weight is 265 g/mol. The molecule has 0 aromatic rings. The Bertz CT molecular complexity index is 191. The molecule has 0 aromatic carbocycles. The van der Waals surface area contributed by atoms with E-state index in [9.17, 15) is 4.39 Å². The summed E-state index contributed by atoms with van der Waals surface area (Å²) in [4.78, 5) is 0. The molecule has 0 radical (unpaired) electrons. The maximum Gasteiger partial charge on any atom is 0.125 e. The van der Waals surface area contributed by atoms with Gasteiger partial charge in [-0.15, -0.1) is 0 Å². The summed E-state index contributed by atoms with van der Waals surface area (Å²) in [5.41, 5.74) is 0.0682. The second-order valence-corrected chi connectivity index (χ2v) is 4.96. The Morgan fingerprint density at radius 1 is 1.22 bits per heavy atom. The van der Waals surface area contributed by atoms with E-state index in [2.05, 4.69) is 26.1 Å². The quantitative estimate of drug-likeness (QED) is 0.525. The van der Waals surface area contributed by atoms with Crippen molar-refractivity contribution < 1.29 is 19.0 Å². The molecule has 0 spiro atoms. The van der Waals surface area contributed by atoms with Crippen LogP contribution in [0.5, 0.6) is 0 Å². The molecular weight excluding hydrogens is 237 g/mol. The number of rotatable bonds is 12. The van der Waals surface area contributed by atoms with Gasteiger partial charge in [0.05, 0.1) is 33.0 Å². The third-order valence-electron chi connectivity index (χ3n) is 2.85. The molecule has 5 heteroatoms. The van der Waals surface area contributed by atoms with Gasteiger partial charge in [0.1, 0.15) is 6.17 Å². The molecule has 0 bridgehead atoms. The molecule has 4 nitrogen and oxygen atoms in total. The normalized spacial score (nSPS) is 13.8. The van der Waals surface area contributed by atoms with Gasteiger partial charge in [0, 0.05) is 5.54 Å². The summed E-state index contributed by atoms with van der Waals surface area (Å²) in [6, 6.07) is 0. The fourth-order valence-corrected chi connectivity index (χ4v) is 1.27. The Morgan fingerprint density at radius 2 is 1.89 bits per heavy atom. The van der Waals surface area contributed by atoms with Gasteiger partial charge in [-0.3, -0.25) is 0 Å². The maximum absolute atomic E-state index is 13.4. The summed E-state index contributed by atoms with van der Waals surface area (Å²) in [7, 11) is 0. The van der Waals surface area contributed by atoms with Gasteiger partial charge in [0.25, 0.3) is 0 Å². The minimum absolute atomic E-state index is 0.00458. The molecule has 2 N–H and O–H groups in total. The first-order valence-corrected chi connectivity index (χ1v) is 6.67. The second-order valence-electron chi connectivity index (χ2n) is 4.96. The van der Waals surface area contributed by atoms with E-state index in [0.29, 0.717) is 32.8 Å². The Balaban J connectivity index is 3.35. The fourth-order valence-electron chi connectivity index (χ4n) is 1.27. The zero-order valence-electron chi connectivity index (χ0n) is 11.9. The Hall–Kier alpha value is -0.230. The van der Waals surface area contributed by atoms with Crippen LogP contribution in [0, 0.1) is 0 Å². The monoisotopic (exact) mass is 265 g/mol. The van der Waals surface area contributed by atoms with Crippen molar-refractivity contribution in [1.82, 2.24) is 5.32 Å². The summed E-state index contributed by atoms with van der Waals surface area (Å²) in [5, 5.41) is 11.8. The van der Waals surface area contributed by atoms with Gasteiger partial charge in [-0.2, -0.15) is 0 Å². The number of ether oxygens (including phenoxy) is 2. The molecule has 0 saturated carbocycles. The van der Waals surface area contributed by atoms with Crippen molar-refractivity contribution in [2.24, 2.45) is 0 Å². The average Bonchev–Trinajstić information content (AvgIpc) is 2.33. The molecule has 1 unspecified atom stereocenters. The van der Waals surface area contributed by atoms with Crippen LogP contribution in [0.25, 0.3) is 0 Å². The van der Waals surface area contributed by atoms with E-state index in [1.807, 2.05) is 0 Å². The lowest BCUT2D eigenvalue weighted by Gasteiger charge is -2.24. The Morgan fingerprint density at radius 3 is 2.50 bits per heavy atom. The summed E-state index contributed by atoms with van der Waals surface area (Å²) in [6.45, 7) is 8.16. The van der Waals surface area contributed by atoms with Crippen molar-refractivity contribution >= 4 is 0 Å². The number of halogens is 1. The highest BCUT2D eigenvalue weighted by atomic mass is 19.1. The van der Waals surface area contributed by atoms with Crippen LogP contribution in [-0.2, 0) is 9.47 Å². The molecule has 0 aliphatic carbocycles. The Kier molecular flexibility index (Phi) is 10.5. The van der Waals surface area contributed by atoms with Gasteiger partial charge < -0.3 is 19.9 Å². The van der Waals surface area contributed by atoms with Crippen LogP contribution in [0.3, 0.4) is 0 Å². The highest BCUT2D eigenvalue weighted by Crippen LogP contribution is 2.07. The van der Waals surface area contributed by atoms with Gasteiger partial charge >= 0.3 is 0 Å². The molecule has 1 atom stereocenters. The first kappa shape index (κ1) is 17.8. The Labute approximate surface area is 110 Å². The molecule has 0 fully saturated rings. The van der Waals surface area contributed by atoms with Crippen molar-refractivity contribution in [1.29, 1.82) is 0 Å². The van der Waals surface area contributed by atoms with E-state index in [1.165, 1.54) is 0 Å². The third kappa shape index (κ3) is 10.9. The van der Waals surface area contributed by atoms with Crippen LogP contribution in [0.4, 0.5) is 4.39 Å². The van der Waals surface area contributed by atoms with E-state index in [0.717, 1.165) is 6.42 Å². The van der Waals surface area contributed by atoms with E-state index < -0.39 is 6.17 Å². The third-order valence-corrected chi connectivity index (χ3v) is 2.85. The lowest BCUT2D eigenvalue weighted by Crippen LogP contribution is -2.40. The van der Waals surface area contributed by atoms with E-state index in [4.69, 9.17) is 14.6 Å². The second kappa shape index (κ2) is 10.7. The molecule has 0 aliphatic heterocycles. The molecule has 0 saturated heterocycles. The standard InChI is InChI=1S/C13H28FNO3/c1-4-13(2,3)15-6-5-12(14)11-18-10-9-17-8-7-16/h12,15-16H,4-11H2,1-3H3. The predicted octanol–water partition coefficient (Wildman–Crippen LogP) is 1.52. The van der Waals surface area contributed by atoms with Gasteiger partial charge in [0.15, 0.2) is 0 Å². The summed E-state index contributed by atoms with van der Waals surface area (Å²) in [5.74, 6) is 0. The molecule has 0 amide bonds. The number of hydrogen-bond acceptors (Lipinski definition) is 4. The van der Waals surface area contributed by atoms with Crippen LogP contribution in [-0.4, -0.2) is 56.4 Å². The topological polar surface area (TPSA) is 50.7 Å².